The van der Waals surface area contributed by atoms with E-state index >= 15 is 0 Å². The quantitative estimate of drug-likeness (QED) is 0.783. The van der Waals surface area contributed by atoms with Gasteiger partial charge in [-0.05, 0) is 12.8 Å². The fourth-order valence-corrected chi connectivity index (χ4v) is 3.17. The summed E-state index contributed by atoms with van der Waals surface area (Å²) in [5, 5.41) is 12.7. The van der Waals surface area contributed by atoms with Crippen molar-refractivity contribution in [1.82, 2.24) is 14.8 Å². The van der Waals surface area contributed by atoms with Gasteiger partial charge in [-0.15, -0.1) is 10.2 Å². The summed E-state index contributed by atoms with van der Waals surface area (Å²) in [6, 6.07) is 0. The van der Waals surface area contributed by atoms with Gasteiger partial charge in [0.05, 0.1) is 12.7 Å². The van der Waals surface area contributed by atoms with Gasteiger partial charge in [0.2, 0.25) is 0 Å². The summed E-state index contributed by atoms with van der Waals surface area (Å²) >= 11 is 0. The molecule has 1 fully saturated rings. The molecule has 2 N–H and O–H groups in total. The maximum atomic E-state index is 11.6. The van der Waals surface area contributed by atoms with Crippen LogP contribution in [0.4, 0.5) is 0 Å². The molecule has 8 nitrogen and oxygen atoms in total. The van der Waals surface area contributed by atoms with Gasteiger partial charge in [-0.2, -0.15) is 0 Å². The number of ether oxygens (including phenoxy) is 2. The van der Waals surface area contributed by atoms with Gasteiger partial charge in [-0.3, -0.25) is 4.57 Å². The molecule has 0 bridgehead atoms. The lowest BCUT2D eigenvalue weighted by Crippen LogP contribution is -2.23. The predicted molar refractivity (Wildman–Crippen MR) is 70.7 cm³/mol. The van der Waals surface area contributed by atoms with Gasteiger partial charge in [-0.1, -0.05) is 6.92 Å². The number of primary sulfonamides is 1. The van der Waals surface area contributed by atoms with Crippen LogP contribution < -0.4 is 5.14 Å². The van der Waals surface area contributed by atoms with E-state index in [2.05, 4.69) is 10.2 Å². The SMILES string of the molecule is CCC1OCCC1c1nnc(S(N)(=O)=O)n1CCOC. The number of methoxy groups -OCH3 is 1. The highest BCUT2D eigenvalue weighted by molar-refractivity contribution is 7.89. The molecule has 20 heavy (non-hydrogen) atoms. The van der Waals surface area contributed by atoms with Crippen LogP contribution in [0.25, 0.3) is 0 Å². The second-order valence-corrected chi connectivity index (χ2v) is 6.20. The molecule has 0 amide bonds. The van der Waals surface area contributed by atoms with Crippen LogP contribution in [0.2, 0.25) is 0 Å². The van der Waals surface area contributed by atoms with Gasteiger partial charge >= 0.3 is 0 Å². The molecule has 2 rings (SSSR count). The van der Waals surface area contributed by atoms with Crippen molar-refractivity contribution >= 4 is 10.0 Å². The molecule has 0 aromatic carbocycles. The molecule has 2 heterocycles. The van der Waals surface area contributed by atoms with Gasteiger partial charge in [0.1, 0.15) is 5.82 Å². The van der Waals surface area contributed by atoms with Crippen LogP contribution in [-0.2, 0) is 26.0 Å². The van der Waals surface area contributed by atoms with Crippen molar-refractivity contribution in [2.45, 2.75) is 43.5 Å². The standard InChI is InChI=1S/C11H20N4O4S/c1-3-9-8(4-6-19-9)10-13-14-11(20(12,16)17)15(10)5-7-18-2/h8-9H,3-7H2,1-2H3,(H2,12,16,17). The zero-order chi connectivity index (χ0) is 14.8. The minimum Gasteiger partial charge on any atom is -0.383 e. The highest BCUT2D eigenvalue weighted by Gasteiger charge is 2.34. The van der Waals surface area contributed by atoms with E-state index in [9.17, 15) is 8.42 Å². The third kappa shape index (κ3) is 3.00. The van der Waals surface area contributed by atoms with Crippen molar-refractivity contribution in [3.63, 3.8) is 0 Å². The average Bonchev–Trinajstić information content (AvgIpc) is 3.00. The first-order valence-electron chi connectivity index (χ1n) is 6.55. The summed E-state index contributed by atoms with van der Waals surface area (Å²) < 4.78 is 35.3. The van der Waals surface area contributed by atoms with Crippen LogP contribution >= 0.6 is 0 Å². The number of aromatic nitrogens is 3. The number of sulfonamides is 1. The molecule has 1 aliphatic rings. The van der Waals surface area contributed by atoms with Gasteiger partial charge < -0.3 is 9.47 Å². The maximum absolute atomic E-state index is 11.6. The molecule has 1 saturated heterocycles. The second kappa shape index (κ2) is 6.17. The molecule has 0 spiro atoms. The van der Waals surface area contributed by atoms with Gasteiger partial charge in [-0.25, -0.2) is 13.6 Å². The Bertz CT molecular complexity index is 557. The molecule has 9 heteroatoms. The Morgan fingerprint density at radius 1 is 1.50 bits per heavy atom. The summed E-state index contributed by atoms with van der Waals surface area (Å²) in [6.07, 6.45) is 1.68. The highest BCUT2D eigenvalue weighted by atomic mass is 32.2. The van der Waals surface area contributed by atoms with Crippen LogP contribution in [0, 0.1) is 0 Å². The number of rotatable bonds is 6. The van der Waals surface area contributed by atoms with Gasteiger partial charge in [0, 0.05) is 26.2 Å². The summed E-state index contributed by atoms with van der Waals surface area (Å²) in [5.41, 5.74) is 0. The first-order valence-corrected chi connectivity index (χ1v) is 8.10. The first-order chi connectivity index (χ1) is 9.49. The Kier molecular flexibility index (Phi) is 4.74. The summed E-state index contributed by atoms with van der Waals surface area (Å²) in [7, 11) is -2.35. The van der Waals surface area contributed by atoms with Crippen molar-refractivity contribution in [3.8, 4) is 0 Å². The zero-order valence-electron chi connectivity index (χ0n) is 11.7. The molecular weight excluding hydrogens is 284 g/mol. The van der Waals surface area contributed by atoms with E-state index < -0.39 is 10.0 Å². The lowest BCUT2D eigenvalue weighted by atomic mass is 9.99. The number of nitrogens with two attached hydrogens (primary N) is 1. The van der Waals surface area contributed by atoms with Crippen LogP contribution in [0.3, 0.4) is 0 Å². The molecule has 2 unspecified atom stereocenters. The molecular formula is C11H20N4O4S. The molecule has 1 aliphatic heterocycles. The molecule has 1 aromatic rings. The fraction of sp³-hybridized carbons (Fsp3) is 0.818. The van der Waals surface area contributed by atoms with Crippen molar-refractivity contribution in [3.05, 3.63) is 5.82 Å². The molecule has 0 saturated carbocycles. The van der Waals surface area contributed by atoms with E-state index in [0.717, 1.165) is 12.8 Å². The smallest absolute Gasteiger partial charge is 0.273 e. The van der Waals surface area contributed by atoms with Crippen molar-refractivity contribution < 1.29 is 17.9 Å². The van der Waals surface area contributed by atoms with Crippen molar-refractivity contribution in [2.75, 3.05) is 20.3 Å². The number of hydrogen-bond acceptors (Lipinski definition) is 6. The Labute approximate surface area is 118 Å². The Hall–Kier alpha value is -1.03. The normalized spacial score (nSPS) is 23.4. The van der Waals surface area contributed by atoms with E-state index in [4.69, 9.17) is 14.6 Å². The van der Waals surface area contributed by atoms with Crippen LogP contribution in [-0.4, -0.2) is 49.6 Å². The van der Waals surface area contributed by atoms with Crippen molar-refractivity contribution in [2.24, 2.45) is 5.14 Å². The number of hydrogen-bond donors (Lipinski definition) is 1. The zero-order valence-corrected chi connectivity index (χ0v) is 12.5. The molecule has 0 radical (unpaired) electrons. The molecule has 2 atom stereocenters. The van der Waals surface area contributed by atoms with E-state index in [-0.39, 0.29) is 17.2 Å². The lowest BCUT2D eigenvalue weighted by Gasteiger charge is -2.17. The number of nitrogens with zero attached hydrogens (tertiary/aromatic N) is 3. The minimum atomic E-state index is -3.90. The monoisotopic (exact) mass is 304 g/mol. The highest BCUT2D eigenvalue weighted by Crippen LogP contribution is 2.32. The van der Waals surface area contributed by atoms with Gasteiger partial charge in [0.25, 0.3) is 15.2 Å². The lowest BCUT2D eigenvalue weighted by molar-refractivity contribution is 0.0982. The Morgan fingerprint density at radius 3 is 2.85 bits per heavy atom. The molecule has 1 aromatic heterocycles. The first kappa shape index (κ1) is 15.4. The summed E-state index contributed by atoms with van der Waals surface area (Å²) in [5.74, 6) is 0.648. The minimum absolute atomic E-state index is 0.0359. The van der Waals surface area contributed by atoms with E-state index in [1.165, 1.54) is 4.57 Å². The largest absolute Gasteiger partial charge is 0.383 e. The Balaban J connectivity index is 2.40. The Morgan fingerprint density at radius 2 is 2.25 bits per heavy atom. The third-order valence-electron chi connectivity index (χ3n) is 3.46. The molecule has 0 aliphatic carbocycles. The van der Waals surface area contributed by atoms with Crippen LogP contribution in [0.5, 0.6) is 0 Å². The summed E-state index contributed by atoms with van der Waals surface area (Å²) in [4.78, 5) is 0. The van der Waals surface area contributed by atoms with Crippen molar-refractivity contribution in [1.29, 1.82) is 0 Å². The topological polar surface area (TPSA) is 109 Å². The predicted octanol–water partition coefficient (Wildman–Crippen LogP) is -0.146. The average molecular weight is 304 g/mol. The summed E-state index contributed by atoms with van der Waals surface area (Å²) in [6.45, 7) is 3.37. The van der Waals surface area contributed by atoms with E-state index in [0.29, 0.717) is 25.6 Å². The molecule has 114 valence electrons. The second-order valence-electron chi connectivity index (χ2n) is 4.74. The maximum Gasteiger partial charge on any atom is 0.273 e. The van der Waals surface area contributed by atoms with Crippen LogP contribution in [0.1, 0.15) is 31.5 Å². The van der Waals surface area contributed by atoms with E-state index in [1.54, 1.807) is 7.11 Å². The third-order valence-corrected chi connectivity index (χ3v) is 4.27. The van der Waals surface area contributed by atoms with Gasteiger partial charge in [0.15, 0.2) is 0 Å². The van der Waals surface area contributed by atoms with E-state index in [1.807, 2.05) is 6.92 Å². The van der Waals surface area contributed by atoms with Crippen LogP contribution in [0.15, 0.2) is 5.16 Å². The fourth-order valence-electron chi connectivity index (χ4n) is 2.52.